The van der Waals surface area contributed by atoms with E-state index < -0.39 is 5.91 Å². The molecule has 0 bridgehead atoms. The van der Waals surface area contributed by atoms with Crippen molar-refractivity contribution in [1.82, 2.24) is 25.0 Å². The molecule has 0 aliphatic carbocycles. The van der Waals surface area contributed by atoms with Gasteiger partial charge in [-0.3, -0.25) is 10.1 Å². The Morgan fingerprint density at radius 2 is 2.10 bits per heavy atom. The lowest BCUT2D eigenvalue weighted by Crippen LogP contribution is -2.14. The molecule has 1 aromatic carbocycles. The van der Waals surface area contributed by atoms with Crippen LogP contribution in [-0.2, 0) is 17.7 Å². The number of hydrogen-bond donors (Lipinski definition) is 1. The quantitative estimate of drug-likeness (QED) is 0.435. The molecule has 154 valence electrons. The van der Waals surface area contributed by atoms with Crippen molar-refractivity contribution in [2.24, 2.45) is 0 Å². The van der Waals surface area contributed by atoms with Gasteiger partial charge in [0.1, 0.15) is 10.8 Å². The van der Waals surface area contributed by atoms with Gasteiger partial charge in [0, 0.05) is 24.8 Å². The van der Waals surface area contributed by atoms with E-state index in [0.717, 1.165) is 5.01 Å². The molecule has 0 spiro atoms. The molecule has 0 saturated carbocycles. The van der Waals surface area contributed by atoms with Crippen molar-refractivity contribution in [1.29, 1.82) is 0 Å². The van der Waals surface area contributed by atoms with Gasteiger partial charge in [-0.15, -0.1) is 10.2 Å². The minimum atomic E-state index is -0.423. The molecule has 0 atom stereocenters. The van der Waals surface area contributed by atoms with Crippen molar-refractivity contribution in [2.45, 2.75) is 19.9 Å². The standard InChI is InChI=1S/C20H19FN6O2S/c1-2-29-11-9-16-24-25-20(30-16)23-19(28)17-14-7-5-10-22-18(14)27(26-17)12-13-6-3-4-8-15(13)21/h3-8,10H,2,9,11-12H2,1H3,(H,23,25,28). The second-order valence-electron chi connectivity index (χ2n) is 6.37. The fraction of sp³-hybridized carbons (Fsp3) is 0.250. The molecule has 8 nitrogen and oxygen atoms in total. The number of benzene rings is 1. The van der Waals surface area contributed by atoms with E-state index in [-0.39, 0.29) is 18.1 Å². The summed E-state index contributed by atoms with van der Waals surface area (Å²) in [7, 11) is 0. The van der Waals surface area contributed by atoms with Gasteiger partial charge in [0.15, 0.2) is 11.3 Å². The Bertz CT molecular complexity index is 1180. The number of fused-ring (bicyclic) bond motifs is 1. The predicted molar refractivity (Wildman–Crippen MR) is 111 cm³/mol. The van der Waals surface area contributed by atoms with Gasteiger partial charge < -0.3 is 4.74 Å². The highest BCUT2D eigenvalue weighted by atomic mass is 32.1. The molecular weight excluding hydrogens is 407 g/mol. The highest BCUT2D eigenvalue weighted by molar-refractivity contribution is 7.15. The molecule has 1 N–H and O–H groups in total. The zero-order valence-electron chi connectivity index (χ0n) is 16.2. The largest absolute Gasteiger partial charge is 0.381 e. The summed E-state index contributed by atoms with van der Waals surface area (Å²) >= 11 is 1.29. The van der Waals surface area contributed by atoms with Crippen molar-refractivity contribution < 1.29 is 13.9 Å². The van der Waals surface area contributed by atoms with Crippen LogP contribution < -0.4 is 5.32 Å². The van der Waals surface area contributed by atoms with Crippen LogP contribution in [0.25, 0.3) is 11.0 Å². The Labute approximate surface area is 175 Å². The molecular formula is C20H19FN6O2S. The zero-order chi connectivity index (χ0) is 20.9. The maximum Gasteiger partial charge on any atom is 0.278 e. The van der Waals surface area contributed by atoms with Crippen molar-refractivity contribution in [3.8, 4) is 0 Å². The molecule has 10 heteroatoms. The van der Waals surface area contributed by atoms with Crippen molar-refractivity contribution >= 4 is 33.4 Å². The molecule has 0 radical (unpaired) electrons. The van der Waals surface area contributed by atoms with E-state index in [1.54, 1.807) is 36.5 Å². The first-order chi connectivity index (χ1) is 14.7. The molecule has 0 unspecified atom stereocenters. The summed E-state index contributed by atoms with van der Waals surface area (Å²) < 4.78 is 20.9. The van der Waals surface area contributed by atoms with E-state index >= 15 is 0 Å². The van der Waals surface area contributed by atoms with Crippen LogP contribution in [-0.4, -0.2) is 44.1 Å². The number of pyridine rings is 1. The molecule has 30 heavy (non-hydrogen) atoms. The molecule has 0 saturated heterocycles. The molecule has 3 heterocycles. The second-order valence-corrected chi connectivity index (χ2v) is 7.44. The number of rotatable bonds is 8. The first-order valence-corrected chi connectivity index (χ1v) is 10.2. The molecule has 0 aliphatic heterocycles. The van der Waals surface area contributed by atoms with E-state index in [1.165, 1.54) is 22.1 Å². The lowest BCUT2D eigenvalue weighted by atomic mass is 10.2. The summed E-state index contributed by atoms with van der Waals surface area (Å²) in [4.78, 5) is 17.2. The number of carbonyl (C=O) groups is 1. The predicted octanol–water partition coefficient (Wildman–Crippen LogP) is 3.30. The van der Waals surface area contributed by atoms with Crippen molar-refractivity contribution in [2.75, 3.05) is 18.5 Å². The highest BCUT2D eigenvalue weighted by Crippen LogP contribution is 2.21. The van der Waals surface area contributed by atoms with Crippen LogP contribution in [0, 0.1) is 5.82 Å². The Morgan fingerprint density at radius 3 is 2.93 bits per heavy atom. The average Bonchev–Trinajstić information content (AvgIpc) is 3.35. The number of nitrogens with one attached hydrogen (secondary N) is 1. The van der Waals surface area contributed by atoms with Crippen LogP contribution in [0.5, 0.6) is 0 Å². The van der Waals surface area contributed by atoms with E-state index in [1.807, 2.05) is 6.92 Å². The van der Waals surface area contributed by atoms with Crippen LogP contribution in [0.1, 0.15) is 28.0 Å². The van der Waals surface area contributed by atoms with Gasteiger partial charge in [0.05, 0.1) is 18.5 Å². The molecule has 3 aromatic heterocycles. The molecule has 4 aromatic rings. The molecule has 0 aliphatic rings. The van der Waals surface area contributed by atoms with Crippen LogP contribution in [0.2, 0.25) is 0 Å². The van der Waals surface area contributed by atoms with Gasteiger partial charge in [-0.1, -0.05) is 29.5 Å². The maximum atomic E-state index is 14.1. The number of nitrogens with zero attached hydrogens (tertiary/aromatic N) is 5. The average molecular weight is 426 g/mol. The van der Waals surface area contributed by atoms with E-state index in [9.17, 15) is 9.18 Å². The number of halogens is 1. The minimum Gasteiger partial charge on any atom is -0.381 e. The Balaban J connectivity index is 1.57. The molecule has 1 amide bonds. The lowest BCUT2D eigenvalue weighted by Gasteiger charge is -2.04. The zero-order valence-corrected chi connectivity index (χ0v) is 17.0. The third-order valence-corrected chi connectivity index (χ3v) is 5.25. The highest BCUT2D eigenvalue weighted by Gasteiger charge is 2.20. The van der Waals surface area contributed by atoms with Gasteiger partial charge in [0.2, 0.25) is 5.13 Å². The number of anilines is 1. The summed E-state index contributed by atoms with van der Waals surface area (Å²) in [6.07, 6.45) is 2.24. The van der Waals surface area contributed by atoms with Crippen LogP contribution in [0.15, 0.2) is 42.6 Å². The fourth-order valence-corrected chi connectivity index (χ4v) is 3.66. The van der Waals surface area contributed by atoms with Gasteiger partial charge in [0.25, 0.3) is 5.91 Å². The van der Waals surface area contributed by atoms with Gasteiger partial charge in [-0.2, -0.15) is 5.10 Å². The van der Waals surface area contributed by atoms with Gasteiger partial charge in [-0.05, 0) is 25.1 Å². The summed E-state index contributed by atoms with van der Waals surface area (Å²) in [6.45, 7) is 3.28. The molecule has 4 rings (SSSR count). The second kappa shape index (κ2) is 9.06. The number of aromatic nitrogens is 5. The van der Waals surface area contributed by atoms with E-state index in [0.29, 0.717) is 41.4 Å². The number of ether oxygens (including phenoxy) is 1. The smallest absolute Gasteiger partial charge is 0.278 e. The number of amides is 1. The first kappa shape index (κ1) is 20.0. The van der Waals surface area contributed by atoms with Crippen LogP contribution in [0.4, 0.5) is 9.52 Å². The summed E-state index contributed by atoms with van der Waals surface area (Å²) in [5.41, 5.74) is 1.16. The molecule has 0 fully saturated rings. The van der Waals surface area contributed by atoms with Crippen LogP contribution >= 0.6 is 11.3 Å². The van der Waals surface area contributed by atoms with Gasteiger partial charge >= 0.3 is 0 Å². The summed E-state index contributed by atoms with van der Waals surface area (Å²) in [5.74, 6) is -0.760. The lowest BCUT2D eigenvalue weighted by molar-refractivity contribution is 0.102. The third-order valence-electron chi connectivity index (χ3n) is 4.35. The van der Waals surface area contributed by atoms with Crippen molar-refractivity contribution in [3.63, 3.8) is 0 Å². The van der Waals surface area contributed by atoms with E-state index in [2.05, 4.69) is 25.6 Å². The topological polar surface area (TPSA) is 94.8 Å². The normalized spacial score (nSPS) is 11.1. The third kappa shape index (κ3) is 4.34. The van der Waals surface area contributed by atoms with Crippen molar-refractivity contribution in [3.05, 3.63) is 64.7 Å². The first-order valence-electron chi connectivity index (χ1n) is 9.42. The summed E-state index contributed by atoms with van der Waals surface area (Å²) in [5, 5.41) is 16.9. The number of hydrogen-bond acceptors (Lipinski definition) is 7. The summed E-state index contributed by atoms with van der Waals surface area (Å²) in [6, 6.07) is 9.93. The number of carbonyl (C=O) groups excluding carboxylic acids is 1. The Kier molecular flexibility index (Phi) is 6.05. The minimum absolute atomic E-state index is 0.161. The Morgan fingerprint density at radius 1 is 1.23 bits per heavy atom. The maximum absolute atomic E-state index is 14.1. The van der Waals surface area contributed by atoms with Crippen LogP contribution in [0.3, 0.4) is 0 Å². The fourth-order valence-electron chi connectivity index (χ4n) is 2.94. The monoisotopic (exact) mass is 426 g/mol. The Hall–Kier alpha value is -3.24. The van der Waals surface area contributed by atoms with E-state index in [4.69, 9.17) is 4.74 Å². The SMILES string of the molecule is CCOCCc1nnc(NC(=O)c2nn(Cc3ccccc3F)c3ncccc23)s1. The van der Waals surface area contributed by atoms with Gasteiger partial charge in [-0.25, -0.2) is 14.1 Å².